The summed E-state index contributed by atoms with van der Waals surface area (Å²) >= 11 is 0. The Morgan fingerprint density at radius 1 is 0.851 bits per heavy atom. The summed E-state index contributed by atoms with van der Waals surface area (Å²) in [5, 5.41) is 17.0. The normalized spacial score (nSPS) is 20.6. The molecular formula is C40H33N3O4. The molecule has 3 atom stereocenters. The predicted molar refractivity (Wildman–Crippen MR) is 182 cm³/mol. The zero-order valence-electron chi connectivity index (χ0n) is 26.3. The minimum atomic E-state index is -1.84. The second-order valence-electron chi connectivity index (χ2n) is 12.2. The minimum absolute atomic E-state index is 0.267. The van der Waals surface area contributed by atoms with Crippen molar-refractivity contribution in [2.24, 2.45) is 0 Å². The van der Waals surface area contributed by atoms with Crippen molar-refractivity contribution in [1.29, 1.82) is 0 Å². The van der Waals surface area contributed by atoms with Crippen molar-refractivity contribution in [2.75, 3.05) is 12.4 Å². The molecule has 0 bridgehead atoms. The number of para-hydroxylation sites is 2. The number of rotatable bonds is 6. The summed E-state index contributed by atoms with van der Waals surface area (Å²) in [7, 11) is 1.62. The lowest BCUT2D eigenvalue weighted by Gasteiger charge is -2.40. The molecule has 7 nitrogen and oxygen atoms in total. The number of aryl methyl sites for hydroxylation is 2. The lowest BCUT2D eigenvalue weighted by Crippen LogP contribution is -2.49. The number of nitrogens with zero attached hydrogens (tertiary/aromatic N) is 2. The standard InChI is InChI=1S/C40H33N3O4/c1-25-23-26(2)34-32(24-25)47-40(28-19-21-31(46-3)22-20-28)35(27-13-7-4-8-14-27)33-36(39(34,40)45)42-38(41-29-15-9-5-10-16-29)43(37(33)44)30-17-11-6-12-18-30/h4-24,35,45H,1-3H3,(H,41,42)/t35-,39+,40+/m1/s1. The van der Waals surface area contributed by atoms with Gasteiger partial charge in [-0.05, 0) is 73.0 Å². The number of aliphatic hydroxyl groups is 1. The van der Waals surface area contributed by atoms with Crippen LogP contribution in [0.25, 0.3) is 5.69 Å². The van der Waals surface area contributed by atoms with E-state index in [1.807, 2.05) is 141 Å². The van der Waals surface area contributed by atoms with Crippen LogP contribution in [-0.2, 0) is 11.2 Å². The minimum Gasteiger partial charge on any atom is -0.497 e. The molecule has 47 heavy (non-hydrogen) atoms. The lowest BCUT2D eigenvalue weighted by molar-refractivity contribution is -0.0905. The Bertz CT molecular complexity index is 2180. The quantitative estimate of drug-likeness (QED) is 0.204. The van der Waals surface area contributed by atoms with E-state index in [1.54, 1.807) is 11.7 Å². The summed E-state index contributed by atoms with van der Waals surface area (Å²) in [6.45, 7) is 3.98. The number of fused-ring (bicyclic) bond motifs is 5. The summed E-state index contributed by atoms with van der Waals surface area (Å²) in [5.41, 5.74) is 2.42. The van der Waals surface area contributed by atoms with Crippen LogP contribution >= 0.6 is 0 Å². The first-order valence-electron chi connectivity index (χ1n) is 15.6. The van der Waals surface area contributed by atoms with Crippen LogP contribution < -0.4 is 20.3 Å². The highest BCUT2D eigenvalue weighted by Crippen LogP contribution is 2.68. The van der Waals surface area contributed by atoms with Crippen molar-refractivity contribution in [3.63, 3.8) is 0 Å². The van der Waals surface area contributed by atoms with Crippen LogP contribution in [0.5, 0.6) is 11.5 Å². The average Bonchev–Trinajstić information content (AvgIpc) is 3.48. The van der Waals surface area contributed by atoms with E-state index in [-0.39, 0.29) is 17.2 Å². The molecule has 0 spiro atoms. The SMILES string of the molecule is COc1ccc([C@@]23Oc4cc(C)cc(C)c4[C@]2(O)c2nc(Nc4ccccc4)n(-c4ccccc4)c(=O)c2[C@H]3c2ccccc2)cc1. The third-order valence-electron chi connectivity index (χ3n) is 9.47. The highest BCUT2D eigenvalue weighted by molar-refractivity contribution is 5.68. The first-order chi connectivity index (χ1) is 22.9. The molecule has 0 amide bonds. The smallest absolute Gasteiger partial charge is 0.263 e. The van der Waals surface area contributed by atoms with Crippen molar-refractivity contribution in [3.8, 4) is 17.2 Å². The van der Waals surface area contributed by atoms with Gasteiger partial charge in [-0.25, -0.2) is 9.55 Å². The molecule has 1 aliphatic heterocycles. The van der Waals surface area contributed by atoms with E-state index in [9.17, 15) is 5.11 Å². The van der Waals surface area contributed by atoms with Crippen LogP contribution in [0.1, 0.15) is 45.0 Å². The van der Waals surface area contributed by atoms with Gasteiger partial charge in [-0.2, -0.15) is 0 Å². The fourth-order valence-corrected chi connectivity index (χ4v) is 7.61. The number of nitrogens with one attached hydrogen (secondary N) is 1. The average molecular weight is 620 g/mol. The number of hydrogen-bond acceptors (Lipinski definition) is 6. The fraction of sp³-hybridized carbons (Fsp3) is 0.150. The molecule has 8 rings (SSSR count). The summed E-state index contributed by atoms with van der Waals surface area (Å²) in [6.07, 6.45) is 0. The zero-order valence-corrected chi connectivity index (χ0v) is 26.3. The molecular weight excluding hydrogens is 586 g/mol. The van der Waals surface area contributed by atoms with Crippen molar-refractivity contribution in [2.45, 2.75) is 31.0 Å². The van der Waals surface area contributed by atoms with Crippen LogP contribution in [0.2, 0.25) is 0 Å². The van der Waals surface area contributed by atoms with Gasteiger partial charge in [0.1, 0.15) is 11.5 Å². The molecule has 5 aromatic carbocycles. The van der Waals surface area contributed by atoms with E-state index in [0.29, 0.717) is 33.9 Å². The van der Waals surface area contributed by atoms with Crippen molar-refractivity contribution in [3.05, 3.63) is 177 Å². The number of anilines is 2. The Kier molecular flexibility index (Phi) is 6.56. The predicted octanol–water partition coefficient (Wildman–Crippen LogP) is 7.27. The summed E-state index contributed by atoms with van der Waals surface area (Å²) in [5.74, 6) is 0.793. The molecule has 7 heteroatoms. The van der Waals surface area contributed by atoms with Gasteiger partial charge in [0.15, 0.2) is 11.2 Å². The van der Waals surface area contributed by atoms with E-state index in [1.165, 1.54) is 0 Å². The van der Waals surface area contributed by atoms with Gasteiger partial charge in [0, 0.05) is 16.8 Å². The third-order valence-corrected chi connectivity index (χ3v) is 9.47. The second-order valence-corrected chi connectivity index (χ2v) is 12.2. The van der Waals surface area contributed by atoms with E-state index in [2.05, 4.69) is 5.32 Å². The van der Waals surface area contributed by atoms with E-state index in [4.69, 9.17) is 14.5 Å². The van der Waals surface area contributed by atoms with Gasteiger partial charge in [0.2, 0.25) is 5.95 Å². The molecule has 2 heterocycles. The molecule has 2 N–H and O–H groups in total. The molecule has 2 aliphatic rings. The number of methoxy groups -OCH3 is 1. The Morgan fingerprint density at radius 2 is 1.49 bits per heavy atom. The lowest BCUT2D eigenvalue weighted by atomic mass is 9.69. The van der Waals surface area contributed by atoms with E-state index in [0.717, 1.165) is 22.4 Å². The number of aromatic nitrogens is 2. The van der Waals surface area contributed by atoms with Gasteiger partial charge in [-0.3, -0.25) is 4.79 Å². The maximum Gasteiger partial charge on any atom is 0.263 e. The molecule has 1 aliphatic carbocycles. The van der Waals surface area contributed by atoms with Gasteiger partial charge in [-0.15, -0.1) is 0 Å². The monoisotopic (exact) mass is 619 g/mol. The maximum atomic E-state index is 15.3. The third kappa shape index (κ3) is 4.09. The van der Waals surface area contributed by atoms with Gasteiger partial charge in [0.05, 0.1) is 30.0 Å². The van der Waals surface area contributed by atoms with Gasteiger partial charge < -0.3 is 19.9 Å². The molecule has 0 fully saturated rings. The van der Waals surface area contributed by atoms with Crippen molar-refractivity contribution in [1.82, 2.24) is 9.55 Å². The van der Waals surface area contributed by atoms with Crippen LogP contribution in [-0.4, -0.2) is 21.8 Å². The van der Waals surface area contributed by atoms with Crippen LogP contribution in [0.3, 0.4) is 0 Å². The molecule has 1 aromatic heterocycles. The summed E-state index contributed by atoms with van der Waals surface area (Å²) in [6, 6.07) is 40.4. The largest absolute Gasteiger partial charge is 0.497 e. The first kappa shape index (κ1) is 28.8. The van der Waals surface area contributed by atoms with Gasteiger partial charge >= 0.3 is 0 Å². The first-order valence-corrected chi connectivity index (χ1v) is 15.6. The summed E-state index contributed by atoms with van der Waals surface area (Å²) in [4.78, 5) is 20.5. The van der Waals surface area contributed by atoms with Crippen LogP contribution in [0.4, 0.5) is 11.6 Å². The zero-order chi connectivity index (χ0) is 32.3. The molecule has 6 aromatic rings. The Balaban J connectivity index is 1.53. The van der Waals surface area contributed by atoms with E-state index >= 15 is 4.79 Å². The van der Waals surface area contributed by atoms with E-state index < -0.39 is 17.1 Å². The molecule has 0 saturated heterocycles. The highest BCUT2D eigenvalue weighted by atomic mass is 16.5. The topological polar surface area (TPSA) is 85.6 Å². The Labute approximate surface area is 272 Å². The molecule has 0 unspecified atom stereocenters. The highest BCUT2D eigenvalue weighted by Gasteiger charge is 2.73. The Hall–Kier alpha value is -5.66. The van der Waals surface area contributed by atoms with Crippen LogP contribution in [0.15, 0.2) is 132 Å². The molecule has 0 radical (unpaired) electrons. The van der Waals surface area contributed by atoms with Crippen LogP contribution in [0, 0.1) is 13.8 Å². The summed E-state index contributed by atoms with van der Waals surface area (Å²) < 4.78 is 14.3. The second kappa shape index (κ2) is 10.7. The molecule has 0 saturated carbocycles. The number of benzene rings is 5. The van der Waals surface area contributed by atoms with Gasteiger partial charge in [-0.1, -0.05) is 84.9 Å². The maximum absolute atomic E-state index is 15.3. The van der Waals surface area contributed by atoms with Crippen molar-refractivity contribution >= 4 is 11.6 Å². The molecule has 232 valence electrons. The number of hydrogen-bond donors (Lipinski definition) is 2. The van der Waals surface area contributed by atoms with Crippen molar-refractivity contribution < 1.29 is 14.6 Å². The fourth-order valence-electron chi connectivity index (χ4n) is 7.61. The van der Waals surface area contributed by atoms with Gasteiger partial charge in [0.25, 0.3) is 5.56 Å². The Morgan fingerprint density at radius 3 is 2.15 bits per heavy atom. The number of ether oxygens (including phenoxy) is 2.